The zero-order chi connectivity index (χ0) is 9.84. The third-order valence-corrected chi connectivity index (χ3v) is 2.50. The molecule has 1 heterocycles. The highest BCUT2D eigenvalue weighted by Gasteiger charge is 2.15. The van der Waals surface area contributed by atoms with E-state index in [0.717, 1.165) is 22.4 Å². The Bertz CT molecular complexity index is 293. The molecule has 0 saturated heterocycles. The van der Waals surface area contributed by atoms with Crippen molar-refractivity contribution >= 4 is 15.9 Å². The molecule has 1 atom stereocenters. The largest absolute Gasteiger partial charge is 0.457 e. The van der Waals surface area contributed by atoms with Gasteiger partial charge in [0.05, 0.1) is 12.3 Å². The zero-order valence-electron chi connectivity index (χ0n) is 7.93. The first-order valence-electron chi connectivity index (χ1n) is 4.28. The van der Waals surface area contributed by atoms with Gasteiger partial charge in [0.15, 0.2) is 4.67 Å². The summed E-state index contributed by atoms with van der Waals surface area (Å²) in [5.74, 6) is 0. The van der Waals surface area contributed by atoms with Crippen molar-refractivity contribution in [2.45, 2.75) is 19.9 Å². The van der Waals surface area contributed by atoms with Crippen LogP contribution >= 0.6 is 15.9 Å². The number of hydrogen-bond acceptors (Lipinski definition) is 2. The van der Waals surface area contributed by atoms with Gasteiger partial charge in [-0.25, -0.2) is 0 Å². The average molecular weight is 244 g/mol. The summed E-state index contributed by atoms with van der Waals surface area (Å²) in [4.78, 5) is 0. The van der Waals surface area contributed by atoms with Crippen LogP contribution in [-0.4, -0.2) is 6.54 Å². The lowest BCUT2D eigenvalue weighted by molar-refractivity contribution is 0.525. The van der Waals surface area contributed by atoms with Gasteiger partial charge in [-0.3, -0.25) is 0 Å². The maximum Gasteiger partial charge on any atom is 0.174 e. The molecule has 3 heteroatoms. The molecule has 0 fully saturated rings. The maximum absolute atomic E-state index is 5.18. The predicted molar refractivity (Wildman–Crippen MR) is 57.6 cm³/mol. The van der Waals surface area contributed by atoms with Crippen molar-refractivity contribution in [2.75, 3.05) is 6.54 Å². The molecule has 0 spiro atoms. The van der Waals surface area contributed by atoms with Crippen molar-refractivity contribution in [1.82, 2.24) is 5.32 Å². The Kier molecular flexibility index (Phi) is 3.75. The molecule has 0 aromatic carbocycles. The number of rotatable bonds is 4. The third kappa shape index (κ3) is 2.45. The number of halogens is 1. The molecule has 1 aromatic heterocycles. The fourth-order valence-electron chi connectivity index (χ4n) is 1.26. The Balaban J connectivity index is 2.88. The van der Waals surface area contributed by atoms with Crippen LogP contribution in [0.1, 0.15) is 25.5 Å². The van der Waals surface area contributed by atoms with Gasteiger partial charge in [0.1, 0.15) is 0 Å². The van der Waals surface area contributed by atoms with Crippen LogP contribution in [0.5, 0.6) is 0 Å². The second kappa shape index (κ2) is 4.63. The Morgan fingerprint density at radius 3 is 2.85 bits per heavy atom. The van der Waals surface area contributed by atoms with Crippen LogP contribution in [0.15, 0.2) is 33.6 Å². The molecule has 0 aliphatic rings. The minimum atomic E-state index is 0.179. The second-order valence-corrected chi connectivity index (χ2v) is 3.71. The average Bonchev–Trinajstić information content (AvgIpc) is 2.47. The topological polar surface area (TPSA) is 25.2 Å². The third-order valence-electron chi connectivity index (χ3n) is 1.86. The highest BCUT2D eigenvalue weighted by atomic mass is 79.9. The lowest BCUT2D eigenvalue weighted by Crippen LogP contribution is -2.21. The van der Waals surface area contributed by atoms with E-state index in [9.17, 15) is 0 Å². The Labute approximate surface area is 87.1 Å². The molecule has 0 radical (unpaired) electrons. The van der Waals surface area contributed by atoms with Crippen molar-refractivity contribution in [3.05, 3.63) is 34.7 Å². The summed E-state index contributed by atoms with van der Waals surface area (Å²) in [6, 6.07) is 2.13. The van der Waals surface area contributed by atoms with Gasteiger partial charge in [0.2, 0.25) is 0 Å². The first-order chi connectivity index (χ1) is 6.16. The summed E-state index contributed by atoms with van der Waals surface area (Å²) in [6.45, 7) is 8.94. The van der Waals surface area contributed by atoms with Crippen LogP contribution in [-0.2, 0) is 0 Å². The smallest absolute Gasteiger partial charge is 0.174 e. The Hall–Kier alpha value is -0.540. The van der Waals surface area contributed by atoms with E-state index in [0.29, 0.717) is 0 Å². The summed E-state index contributed by atoms with van der Waals surface area (Å²) in [7, 11) is 0. The first kappa shape index (κ1) is 10.5. The minimum absolute atomic E-state index is 0.179. The molecule has 13 heavy (non-hydrogen) atoms. The van der Waals surface area contributed by atoms with Crippen LogP contribution in [0.4, 0.5) is 0 Å². The van der Waals surface area contributed by atoms with Gasteiger partial charge in [0.25, 0.3) is 0 Å². The molecular weight excluding hydrogens is 230 g/mol. The van der Waals surface area contributed by atoms with E-state index in [4.69, 9.17) is 4.42 Å². The van der Waals surface area contributed by atoms with E-state index in [1.165, 1.54) is 0 Å². The van der Waals surface area contributed by atoms with Gasteiger partial charge in [-0.15, -0.1) is 0 Å². The van der Waals surface area contributed by atoms with E-state index in [2.05, 4.69) is 34.7 Å². The molecule has 1 N–H and O–H groups in total. The SMILES string of the molecule is C=C(C)C(NCC)c1ccoc1Br. The summed E-state index contributed by atoms with van der Waals surface area (Å²) < 4.78 is 5.96. The number of nitrogens with one attached hydrogen (secondary N) is 1. The normalized spacial score (nSPS) is 12.8. The van der Waals surface area contributed by atoms with Crippen LogP contribution in [0, 0.1) is 0 Å². The monoisotopic (exact) mass is 243 g/mol. The van der Waals surface area contributed by atoms with Crippen LogP contribution in [0.25, 0.3) is 0 Å². The van der Waals surface area contributed by atoms with Crippen molar-refractivity contribution in [1.29, 1.82) is 0 Å². The molecule has 0 bridgehead atoms. The summed E-state index contributed by atoms with van der Waals surface area (Å²) in [5, 5.41) is 3.34. The van der Waals surface area contributed by atoms with Gasteiger partial charge in [0, 0.05) is 5.56 Å². The lowest BCUT2D eigenvalue weighted by Gasteiger charge is -2.16. The van der Waals surface area contributed by atoms with Crippen molar-refractivity contribution in [3.8, 4) is 0 Å². The quantitative estimate of drug-likeness (QED) is 0.822. The summed E-state index contributed by atoms with van der Waals surface area (Å²) >= 11 is 3.36. The van der Waals surface area contributed by atoms with Gasteiger partial charge >= 0.3 is 0 Å². The Morgan fingerprint density at radius 1 is 1.77 bits per heavy atom. The van der Waals surface area contributed by atoms with Gasteiger partial charge < -0.3 is 9.73 Å². The lowest BCUT2D eigenvalue weighted by atomic mass is 10.0. The molecule has 0 amide bonds. The van der Waals surface area contributed by atoms with E-state index in [-0.39, 0.29) is 6.04 Å². The number of furan rings is 1. The molecule has 1 rings (SSSR count). The molecular formula is C10H14BrNO. The van der Waals surface area contributed by atoms with Crippen molar-refractivity contribution in [2.24, 2.45) is 0 Å². The number of hydrogen-bond donors (Lipinski definition) is 1. The predicted octanol–water partition coefficient (Wildman–Crippen LogP) is 3.27. The molecule has 1 unspecified atom stereocenters. The van der Waals surface area contributed by atoms with E-state index in [1.807, 2.05) is 13.0 Å². The first-order valence-corrected chi connectivity index (χ1v) is 5.07. The zero-order valence-corrected chi connectivity index (χ0v) is 9.52. The Morgan fingerprint density at radius 2 is 2.46 bits per heavy atom. The van der Waals surface area contributed by atoms with E-state index >= 15 is 0 Å². The minimum Gasteiger partial charge on any atom is -0.457 e. The van der Waals surface area contributed by atoms with Gasteiger partial charge in [-0.1, -0.05) is 19.1 Å². The molecule has 0 saturated carbocycles. The van der Waals surface area contributed by atoms with E-state index < -0.39 is 0 Å². The second-order valence-electron chi connectivity index (χ2n) is 2.99. The highest BCUT2D eigenvalue weighted by molar-refractivity contribution is 9.10. The van der Waals surface area contributed by atoms with Crippen molar-refractivity contribution < 1.29 is 4.42 Å². The fourth-order valence-corrected chi connectivity index (χ4v) is 1.73. The van der Waals surface area contributed by atoms with Gasteiger partial charge in [-0.2, -0.15) is 0 Å². The molecule has 0 aliphatic carbocycles. The van der Waals surface area contributed by atoms with Crippen LogP contribution in [0.3, 0.4) is 0 Å². The maximum atomic E-state index is 5.18. The molecule has 1 aromatic rings. The van der Waals surface area contributed by atoms with Crippen LogP contribution < -0.4 is 5.32 Å². The van der Waals surface area contributed by atoms with Crippen LogP contribution in [0.2, 0.25) is 0 Å². The summed E-state index contributed by atoms with van der Waals surface area (Å²) in [6.07, 6.45) is 1.67. The molecule has 2 nitrogen and oxygen atoms in total. The fraction of sp³-hybridized carbons (Fsp3) is 0.400. The van der Waals surface area contributed by atoms with E-state index in [1.54, 1.807) is 6.26 Å². The summed E-state index contributed by atoms with van der Waals surface area (Å²) in [5.41, 5.74) is 2.19. The van der Waals surface area contributed by atoms with Crippen molar-refractivity contribution in [3.63, 3.8) is 0 Å². The number of likely N-dealkylation sites (N-methyl/N-ethyl adjacent to an activating group) is 1. The highest BCUT2D eigenvalue weighted by Crippen LogP contribution is 2.28. The van der Waals surface area contributed by atoms with Gasteiger partial charge in [-0.05, 0) is 35.5 Å². The molecule has 72 valence electrons. The standard InChI is InChI=1S/C10H14BrNO/c1-4-12-9(7(2)3)8-5-6-13-10(8)11/h5-6,9,12H,2,4H2,1,3H3. The molecule has 0 aliphatic heterocycles.